The molecule has 1 amide bonds. The van der Waals surface area contributed by atoms with Crippen LogP contribution in [0.15, 0.2) is 91.0 Å². The summed E-state index contributed by atoms with van der Waals surface area (Å²) >= 11 is 0. The van der Waals surface area contributed by atoms with Crippen molar-refractivity contribution in [1.29, 1.82) is 0 Å². The standard InChI is InChI=1S/C35H34N2O3/c1-5-26-10-6-7-11-29(26)23(3)36-34(38)28-18-19-33-32(20-28)22(2)24(4)37(33)21-25-14-16-27(17-15-25)30-12-8-9-13-31(30)35(39)40/h6-20,23H,5,21H2,1-4H3,(H,36,38)(H,39,40). The molecule has 5 aromatic rings. The van der Waals surface area contributed by atoms with E-state index in [-0.39, 0.29) is 11.9 Å². The Labute approximate surface area is 235 Å². The van der Waals surface area contributed by atoms with Crippen molar-refractivity contribution in [3.63, 3.8) is 0 Å². The van der Waals surface area contributed by atoms with Crippen LogP contribution in [0.1, 0.15) is 68.6 Å². The number of aryl methyl sites for hydroxylation is 2. The summed E-state index contributed by atoms with van der Waals surface area (Å²) in [5.41, 5.74) is 9.41. The Morgan fingerprint density at radius 2 is 1.60 bits per heavy atom. The van der Waals surface area contributed by atoms with E-state index in [1.165, 1.54) is 5.56 Å². The van der Waals surface area contributed by atoms with Gasteiger partial charge in [0.2, 0.25) is 0 Å². The highest BCUT2D eigenvalue weighted by Crippen LogP contribution is 2.29. The molecule has 5 rings (SSSR count). The summed E-state index contributed by atoms with van der Waals surface area (Å²) in [6, 6.07) is 29.2. The van der Waals surface area contributed by atoms with Crippen molar-refractivity contribution in [2.24, 2.45) is 0 Å². The highest BCUT2D eigenvalue weighted by atomic mass is 16.4. The van der Waals surface area contributed by atoms with Crippen molar-refractivity contribution in [2.45, 2.75) is 46.7 Å². The number of hydrogen-bond donors (Lipinski definition) is 2. The summed E-state index contributed by atoms with van der Waals surface area (Å²) in [5, 5.41) is 13.8. The Balaban J connectivity index is 1.39. The van der Waals surface area contributed by atoms with Crippen LogP contribution in [0.25, 0.3) is 22.0 Å². The van der Waals surface area contributed by atoms with Gasteiger partial charge in [0, 0.05) is 28.7 Å². The molecule has 0 fully saturated rings. The number of hydrogen-bond acceptors (Lipinski definition) is 2. The minimum atomic E-state index is -0.933. The lowest BCUT2D eigenvalue weighted by Gasteiger charge is -2.17. The molecule has 0 aliphatic heterocycles. The van der Waals surface area contributed by atoms with Gasteiger partial charge in [-0.15, -0.1) is 0 Å². The normalized spacial score (nSPS) is 11.9. The predicted molar refractivity (Wildman–Crippen MR) is 161 cm³/mol. The molecule has 5 nitrogen and oxygen atoms in total. The number of nitrogens with zero attached hydrogens (tertiary/aromatic N) is 1. The van der Waals surface area contributed by atoms with Gasteiger partial charge in [-0.1, -0.05) is 73.7 Å². The number of amides is 1. The molecular formula is C35H34N2O3. The summed E-state index contributed by atoms with van der Waals surface area (Å²) in [7, 11) is 0. The van der Waals surface area contributed by atoms with Crippen LogP contribution in [0.2, 0.25) is 0 Å². The molecule has 5 heteroatoms. The van der Waals surface area contributed by atoms with Crippen molar-refractivity contribution in [2.75, 3.05) is 0 Å². The van der Waals surface area contributed by atoms with Crippen LogP contribution in [0, 0.1) is 13.8 Å². The van der Waals surface area contributed by atoms with Gasteiger partial charge in [0.25, 0.3) is 5.91 Å². The van der Waals surface area contributed by atoms with Gasteiger partial charge in [0.15, 0.2) is 0 Å². The van der Waals surface area contributed by atoms with Gasteiger partial charge in [0.05, 0.1) is 11.6 Å². The summed E-state index contributed by atoms with van der Waals surface area (Å²) in [6.45, 7) is 9.04. The quantitative estimate of drug-likeness (QED) is 0.216. The summed E-state index contributed by atoms with van der Waals surface area (Å²) in [6.07, 6.45) is 0.923. The lowest BCUT2D eigenvalue weighted by Crippen LogP contribution is -2.27. The molecule has 2 N–H and O–H groups in total. The van der Waals surface area contributed by atoms with Crippen molar-refractivity contribution < 1.29 is 14.7 Å². The van der Waals surface area contributed by atoms with Crippen molar-refractivity contribution in [3.8, 4) is 11.1 Å². The maximum atomic E-state index is 13.2. The van der Waals surface area contributed by atoms with Gasteiger partial charge in [-0.25, -0.2) is 4.79 Å². The Hall–Kier alpha value is -4.64. The van der Waals surface area contributed by atoms with E-state index in [0.717, 1.165) is 45.3 Å². The Kier molecular flexibility index (Phi) is 7.56. The molecule has 4 aromatic carbocycles. The zero-order valence-electron chi connectivity index (χ0n) is 23.4. The molecule has 0 spiro atoms. The monoisotopic (exact) mass is 530 g/mol. The minimum Gasteiger partial charge on any atom is -0.478 e. The molecular weight excluding hydrogens is 496 g/mol. The molecule has 1 heterocycles. The number of fused-ring (bicyclic) bond motifs is 1. The molecule has 0 aliphatic carbocycles. The number of rotatable bonds is 8. The first-order valence-corrected chi connectivity index (χ1v) is 13.7. The van der Waals surface area contributed by atoms with Crippen LogP contribution >= 0.6 is 0 Å². The fourth-order valence-electron chi connectivity index (χ4n) is 5.52. The summed E-state index contributed by atoms with van der Waals surface area (Å²) in [4.78, 5) is 24.9. The van der Waals surface area contributed by atoms with Crippen LogP contribution in [-0.2, 0) is 13.0 Å². The number of nitrogens with one attached hydrogen (secondary N) is 1. The number of benzene rings is 4. The Morgan fingerprint density at radius 1 is 0.900 bits per heavy atom. The first-order valence-electron chi connectivity index (χ1n) is 13.7. The zero-order valence-corrected chi connectivity index (χ0v) is 23.4. The van der Waals surface area contributed by atoms with E-state index in [1.54, 1.807) is 12.1 Å². The minimum absolute atomic E-state index is 0.0812. The molecule has 0 saturated heterocycles. The molecule has 40 heavy (non-hydrogen) atoms. The van der Waals surface area contributed by atoms with Crippen molar-refractivity contribution in [1.82, 2.24) is 9.88 Å². The second-order valence-corrected chi connectivity index (χ2v) is 10.3. The van der Waals surface area contributed by atoms with Crippen molar-refractivity contribution >= 4 is 22.8 Å². The maximum absolute atomic E-state index is 13.2. The predicted octanol–water partition coefficient (Wildman–Crippen LogP) is 7.73. The summed E-state index contributed by atoms with van der Waals surface area (Å²) in [5.74, 6) is -1.01. The van der Waals surface area contributed by atoms with Crippen LogP contribution in [-0.4, -0.2) is 21.6 Å². The molecule has 0 bridgehead atoms. The van der Waals surface area contributed by atoms with E-state index in [9.17, 15) is 14.7 Å². The molecule has 0 aliphatic rings. The van der Waals surface area contributed by atoms with Crippen LogP contribution in [0.4, 0.5) is 0 Å². The number of aromatic nitrogens is 1. The highest BCUT2D eigenvalue weighted by molar-refractivity contribution is 5.99. The fourth-order valence-corrected chi connectivity index (χ4v) is 5.52. The molecule has 0 radical (unpaired) electrons. The third-order valence-corrected chi connectivity index (χ3v) is 7.91. The van der Waals surface area contributed by atoms with E-state index >= 15 is 0 Å². The smallest absolute Gasteiger partial charge is 0.336 e. The van der Waals surface area contributed by atoms with Gasteiger partial charge in [-0.2, -0.15) is 0 Å². The SMILES string of the molecule is CCc1ccccc1C(C)NC(=O)c1ccc2c(c1)c(C)c(C)n2Cc1ccc(-c2ccccc2C(=O)O)cc1. The largest absolute Gasteiger partial charge is 0.478 e. The van der Waals surface area contributed by atoms with E-state index in [1.807, 2.05) is 73.7 Å². The van der Waals surface area contributed by atoms with Gasteiger partial charge in [-0.3, -0.25) is 4.79 Å². The molecule has 1 aromatic heterocycles. The average molecular weight is 531 g/mol. The topological polar surface area (TPSA) is 71.3 Å². The number of carbonyl (C=O) groups is 2. The fraction of sp³-hybridized carbons (Fsp3) is 0.200. The number of carboxylic acid groups (broad SMARTS) is 1. The maximum Gasteiger partial charge on any atom is 0.336 e. The average Bonchev–Trinajstić information content (AvgIpc) is 3.21. The lowest BCUT2D eigenvalue weighted by molar-refractivity contribution is 0.0697. The van der Waals surface area contributed by atoms with E-state index in [2.05, 4.69) is 42.8 Å². The number of carboxylic acids is 1. The van der Waals surface area contributed by atoms with Gasteiger partial charge >= 0.3 is 5.97 Å². The van der Waals surface area contributed by atoms with E-state index in [0.29, 0.717) is 23.2 Å². The molecule has 202 valence electrons. The summed E-state index contributed by atoms with van der Waals surface area (Å²) < 4.78 is 2.27. The second-order valence-electron chi connectivity index (χ2n) is 10.3. The number of aromatic carboxylic acids is 1. The molecule has 1 unspecified atom stereocenters. The third kappa shape index (κ3) is 5.15. The second kappa shape index (κ2) is 11.2. The van der Waals surface area contributed by atoms with E-state index in [4.69, 9.17) is 0 Å². The Morgan fingerprint density at radius 3 is 2.33 bits per heavy atom. The van der Waals surface area contributed by atoms with E-state index < -0.39 is 5.97 Å². The lowest BCUT2D eigenvalue weighted by atomic mass is 9.99. The van der Waals surface area contributed by atoms with Crippen molar-refractivity contribution in [3.05, 3.63) is 130 Å². The van der Waals surface area contributed by atoms with Crippen LogP contribution < -0.4 is 5.32 Å². The first-order chi connectivity index (χ1) is 19.3. The van der Waals surface area contributed by atoms with Crippen LogP contribution in [0.3, 0.4) is 0 Å². The highest BCUT2D eigenvalue weighted by Gasteiger charge is 2.17. The molecule has 1 atom stereocenters. The first kappa shape index (κ1) is 26.9. The van der Waals surface area contributed by atoms with Crippen LogP contribution in [0.5, 0.6) is 0 Å². The van der Waals surface area contributed by atoms with Gasteiger partial charge in [-0.05, 0) is 84.8 Å². The Bertz CT molecular complexity index is 1710. The zero-order chi connectivity index (χ0) is 28.4. The molecule has 0 saturated carbocycles. The number of carbonyl (C=O) groups excluding carboxylic acids is 1. The van der Waals surface area contributed by atoms with Gasteiger partial charge < -0.3 is 15.0 Å². The van der Waals surface area contributed by atoms with Gasteiger partial charge in [0.1, 0.15) is 0 Å². The third-order valence-electron chi connectivity index (χ3n) is 7.91.